The van der Waals surface area contributed by atoms with Crippen molar-refractivity contribution in [3.8, 4) is 0 Å². The molecule has 0 nitrogen and oxygen atoms in total. The predicted octanol–water partition coefficient (Wildman–Crippen LogP) is 3.18. The van der Waals surface area contributed by atoms with Crippen molar-refractivity contribution in [1.29, 1.82) is 0 Å². The summed E-state index contributed by atoms with van der Waals surface area (Å²) in [4.78, 5) is 0. The topological polar surface area (TPSA) is 0 Å². The first kappa shape index (κ1) is 11.1. The van der Waals surface area contributed by atoms with Crippen molar-refractivity contribution in [1.82, 2.24) is 0 Å². The zero-order valence-corrected chi connectivity index (χ0v) is 13.3. The van der Waals surface area contributed by atoms with Crippen LogP contribution in [0.1, 0.15) is 46.5 Å². The average Bonchev–Trinajstić information content (AvgIpc) is 2.62. The molecule has 0 amide bonds. The molecule has 4 rings (SSSR count). The van der Waals surface area contributed by atoms with Gasteiger partial charge >= 0.3 is 0 Å². The van der Waals surface area contributed by atoms with E-state index in [-0.39, 0.29) is 0 Å². The van der Waals surface area contributed by atoms with Crippen LogP contribution in [-0.2, 0) is 0 Å². The first-order valence-corrected chi connectivity index (χ1v) is 8.61. The lowest BCUT2D eigenvalue weighted by Crippen LogP contribution is -2.26. The van der Waals surface area contributed by atoms with Crippen molar-refractivity contribution < 1.29 is 0 Å². The van der Waals surface area contributed by atoms with Crippen LogP contribution in [-0.4, -0.2) is 10.2 Å². The van der Waals surface area contributed by atoms with Gasteiger partial charge < -0.3 is 0 Å². The van der Waals surface area contributed by atoms with E-state index in [9.17, 15) is 0 Å². The fourth-order valence-electron chi connectivity index (χ4n) is 5.27. The normalized spacial score (nSPS) is 53.7. The van der Waals surface area contributed by atoms with Gasteiger partial charge in [-0.3, -0.25) is 0 Å². The van der Waals surface area contributed by atoms with Gasteiger partial charge in [-0.25, -0.2) is 0 Å². The summed E-state index contributed by atoms with van der Waals surface area (Å²) in [5.74, 6) is 3.34. The Bertz CT molecular complexity index is 331. The van der Waals surface area contributed by atoms with E-state index in [1.807, 2.05) is 0 Å². The van der Waals surface area contributed by atoms with Crippen LogP contribution in [0, 0.1) is 28.6 Å². The van der Waals surface area contributed by atoms with Gasteiger partial charge in [-0.05, 0) is 67.2 Å². The SMILES string of the molecule is C/C(=C\CCC1(C)C2CC3[C@@H](C2)[C@]31C)C[SiH3]. The molecule has 1 heteroatoms. The van der Waals surface area contributed by atoms with Gasteiger partial charge in [-0.15, -0.1) is 0 Å². The van der Waals surface area contributed by atoms with Gasteiger partial charge in [0, 0.05) is 10.2 Å². The van der Waals surface area contributed by atoms with E-state index < -0.39 is 0 Å². The Morgan fingerprint density at radius 2 is 1.94 bits per heavy atom. The Morgan fingerprint density at radius 3 is 2.38 bits per heavy atom. The second-order valence-corrected chi connectivity index (χ2v) is 7.73. The van der Waals surface area contributed by atoms with Crippen LogP contribution in [0.5, 0.6) is 0 Å². The van der Waals surface area contributed by atoms with Crippen LogP contribution < -0.4 is 0 Å². The Kier molecular flexibility index (Phi) is 2.25. The fourth-order valence-corrected chi connectivity index (χ4v) is 5.56. The highest BCUT2D eigenvalue weighted by molar-refractivity contribution is 6.10. The first-order valence-electron chi connectivity index (χ1n) is 7.19. The zero-order valence-electron chi connectivity index (χ0n) is 11.3. The minimum absolute atomic E-state index is 0.699. The third-order valence-corrected chi connectivity index (χ3v) is 7.96. The number of hydrogen-bond acceptors (Lipinski definition) is 0. The molecule has 3 unspecified atom stereocenters. The third kappa shape index (κ3) is 1.11. The molecule has 5 atom stereocenters. The molecule has 4 bridgehead atoms. The standard InChI is InChI=1S/C15H26Si/c1-10(9-16)5-4-6-14(2)11-7-12-13(8-11)15(12,14)3/h5,11-13H,4,6-9H2,1-3,16H3/b10-5+/t11?,12-,13?,14?,15-/m1/s1. The van der Waals surface area contributed by atoms with E-state index in [0.29, 0.717) is 5.41 Å². The summed E-state index contributed by atoms with van der Waals surface area (Å²) in [6.45, 7) is 7.51. The molecule has 4 saturated carbocycles. The van der Waals surface area contributed by atoms with Crippen LogP contribution in [0.25, 0.3) is 0 Å². The molecule has 4 aliphatic rings. The van der Waals surface area contributed by atoms with Crippen molar-refractivity contribution in [2.24, 2.45) is 28.6 Å². The number of rotatable bonds is 4. The van der Waals surface area contributed by atoms with Crippen molar-refractivity contribution in [3.63, 3.8) is 0 Å². The maximum Gasteiger partial charge on any atom is 0.00788 e. The number of allylic oxidation sites excluding steroid dienone is 2. The summed E-state index contributed by atoms with van der Waals surface area (Å²) in [5, 5.41) is 0. The lowest BCUT2D eigenvalue weighted by atomic mass is 9.71. The molecule has 0 aliphatic heterocycles. The minimum atomic E-state index is 0.699. The van der Waals surface area contributed by atoms with E-state index in [0.717, 1.165) is 23.2 Å². The highest BCUT2D eigenvalue weighted by Crippen LogP contribution is 2.87. The molecule has 0 spiro atoms. The molecule has 4 fully saturated rings. The van der Waals surface area contributed by atoms with Crippen LogP contribution in [0.4, 0.5) is 0 Å². The summed E-state index contributed by atoms with van der Waals surface area (Å²) in [6, 6.07) is 1.36. The minimum Gasteiger partial charge on any atom is -0.0859 e. The largest absolute Gasteiger partial charge is 0.0859 e. The molecule has 0 heterocycles. The van der Waals surface area contributed by atoms with Gasteiger partial charge in [0.05, 0.1) is 0 Å². The Morgan fingerprint density at radius 1 is 1.31 bits per heavy atom. The first-order chi connectivity index (χ1) is 7.54. The third-order valence-electron chi connectivity index (χ3n) is 6.84. The smallest absolute Gasteiger partial charge is 0.00788 e. The fraction of sp³-hybridized carbons (Fsp3) is 0.867. The molecular formula is C15H26Si. The molecule has 4 aliphatic carbocycles. The molecule has 0 aromatic heterocycles. The molecule has 0 N–H and O–H groups in total. The predicted molar refractivity (Wildman–Crippen MR) is 73.7 cm³/mol. The molecule has 90 valence electrons. The summed E-state index contributed by atoms with van der Waals surface area (Å²) in [7, 11) is 1.33. The van der Waals surface area contributed by atoms with E-state index in [2.05, 4.69) is 26.8 Å². The summed E-state index contributed by atoms with van der Waals surface area (Å²) >= 11 is 0. The highest BCUT2D eigenvalue weighted by Gasteiger charge is 2.80. The Hall–Kier alpha value is -0.0431. The lowest BCUT2D eigenvalue weighted by molar-refractivity contribution is 0.155. The van der Waals surface area contributed by atoms with Gasteiger partial charge in [0.15, 0.2) is 0 Å². The van der Waals surface area contributed by atoms with E-state index in [1.165, 1.54) is 29.1 Å². The monoisotopic (exact) mass is 234 g/mol. The van der Waals surface area contributed by atoms with Crippen LogP contribution in [0.3, 0.4) is 0 Å². The second kappa shape index (κ2) is 3.25. The lowest BCUT2D eigenvalue weighted by Gasteiger charge is -2.34. The van der Waals surface area contributed by atoms with E-state index in [1.54, 1.807) is 18.4 Å². The highest BCUT2D eigenvalue weighted by atomic mass is 28.1. The Labute approximate surface area is 103 Å². The van der Waals surface area contributed by atoms with E-state index >= 15 is 0 Å². The van der Waals surface area contributed by atoms with Crippen LogP contribution in [0.15, 0.2) is 11.6 Å². The maximum atomic E-state index is 2.61. The second-order valence-electron chi connectivity index (χ2n) is 7.02. The summed E-state index contributed by atoms with van der Waals surface area (Å²) in [5.41, 5.74) is 3.10. The van der Waals surface area contributed by atoms with Crippen molar-refractivity contribution in [2.45, 2.75) is 52.5 Å². The molecule has 0 aromatic rings. The van der Waals surface area contributed by atoms with Crippen molar-refractivity contribution in [3.05, 3.63) is 11.6 Å². The van der Waals surface area contributed by atoms with Gasteiger partial charge in [-0.1, -0.05) is 25.5 Å². The average molecular weight is 234 g/mol. The molecule has 16 heavy (non-hydrogen) atoms. The molecule has 0 radical (unpaired) electrons. The number of hydrogen-bond donors (Lipinski definition) is 0. The van der Waals surface area contributed by atoms with E-state index in [4.69, 9.17) is 0 Å². The Balaban J connectivity index is 1.68. The van der Waals surface area contributed by atoms with Crippen LogP contribution in [0.2, 0.25) is 6.04 Å². The molecule has 0 aromatic carbocycles. The van der Waals surface area contributed by atoms with Crippen LogP contribution >= 0.6 is 0 Å². The van der Waals surface area contributed by atoms with Gasteiger partial charge in [0.2, 0.25) is 0 Å². The van der Waals surface area contributed by atoms with Crippen molar-refractivity contribution >= 4 is 10.2 Å². The summed E-state index contributed by atoms with van der Waals surface area (Å²) in [6.07, 6.45) is 8.47. The summed E-state index contributed by atoms with van der Waals surface area (Å²) < 4.78 is 0. The van der Waals surface area contributed by atoms with Gasteiger partial charge in [-0.2, -0.15) is 0 Å². The molecular weight excluding hydrogens is 208 g/mol. The maximum absolute atomic E-state index is 2.61. The quantitative estimate of drug-likeness (QED) is 0.518. The van der Waals surface area contributed by atoms with Gasteiger partial charge in [0.25, 0.3) is 0 Å². The molecule has 0 saturated heterocycles. The van der Waals surface area contributed by atoms with Gasteiger partial charge in [0.1, 0.15) is 0 Å². The van der Waals surface area contributed by atoms with Crippen molar-refractivity contribution in [2.75, 3.05) is 0 Å². The zero-order chi connectivity index (χ0) is 11.6.